The molecule has 1 fully saturated rings. The Morgan fingerprint density at radius 3 is 2.56 bits per heavy atom. The number of β-amino-alcohol motifs (C(OH)–C–C–N with tert-alkyl or cyclic N) is 1. The lowest BCUT2D eigenvalue weighted by Gasteiger charge is -2.22. The third-order valence-corrected chi connectivity index (χ3v) is 6.99. The minimum absolute atomic E-state index is 0.0202. The maximum atomic E-state index is 13.1. The number of ether oxygens (including phenoxy) is 2. The molecular formula is C21H30N2O8S. The standard InChI is InChI=1S/C21H30N2O8S/c1-4-30-20(26)6-5-9-22-19(25)13-31-21(27)18-11-16(24)12-23(18)32(28,29)17-8-7-14(2)15(3)10-17/h7-8,10,16,18,24H,4-6,9,11-13H2,1-3H3,(H,22,25)/t16?,18-/m0/s1. The molecule has 0 spiro atoms. The molecule has 0 bridgehead atoms. The van der Waals surface area contributed by atoms with Gasteiger partial charge in [-0.05, 0) is 50.5 Å². The van der Waals surface area contributed by atoms with Crippen LogP contribution >= 0.6 is 0 Å². The van der Waals surface area contributed by atoms with Crippen LogP contribution in [0, 0.1) is 13.8 Å². The molecule has 0 aromatic heterocycles. The fourth-order valence-electron chi connectivity index (χ4n) is 3.25. The van der Waals surface area contributed by atoms with E-state index in [2.05, 4.69) is 5.32 Å². The third kappa shape index (κ3) is 6.75. The van der Waals surface area contributed by atoms with Crippen LogP contribution in [-0.4, -0.2) is 74.1 Å². The summed E-state index contributed by atoms with van der Waals surface area (Å²) < 4.78 is 36.8. The minimum Gasteiger partial charge on any atom is -0.466 e. The molecule has 2 rings (SSSR count). The topological polar surface area (TPSA) is 139 Å². The van der Waals surface area contributed by atoms with Gasteiger partial charge in [-0.15, -0.1) is 0 Å². The van der Waals surface area contributed by atoms with Gasteiger partial charge in [-0.25, -0.2) is 8.42 Å². The van der Waals surface area contributed by atoms with E-state index in [9.17, 15) is 27.9 Å². The van der Waals surface area contributed by atoms with Gasteiger partial charge in [0.05, 0.1) is 17.6 Å². The second-order valence-electron chi connectivity index (χ2n) is 7.59. The number of aliphatic hydroxyl groups excluding tert-OH is 1. The highest BCUT2D eigenvalue weighted by atomic mass is 32.2. The number of nitrogens with one attached hydrogen (secondary N) is 1. The molecule has 178 valence electrons. The van der Waals surface area contributed by atoms with Crippen LogP contribution in [0.15, 0.2) is 23.1 Å². The van der Waals surface area contributed by atoms with E-state index < -0.39 is 40.7 Å². The molecule has 1 amide bonds. The second-order valence-corrected chi connectivity index (χ2v) is 9.48. The fourth-order valence-corrected chi connectivity index (χ4v) is 4.96. The zero-order valence-corrected chi connectivity index (χ0v) is 19.3. The number of aryl methyl sites for hydroxylation is 2. The molecule has 2 atom stereocenters. The van der Waals surface area contributed by atoms with Gasteiger partial charge < -0.3 is 19.9 Å². The molecule has 10 nitrogen and oxygen atoms in total. The number of hydrogen-bond donors (Lipinski definition) is 2. The predicted molar refractivity (Wildman–Crippen MR) is 114 cm³/mol. The van der Waals surface area contributed by atoms with E-state index >= 15 is 0 Å². The predicted octanol–water partition coefficient (Wildman–Crippen LogP) is 0.430. The van der Waals surface area contributed by atoms with Crippen molar-refractivity contribution < 1.29 is 37.4 Å². The number of sulfonamides is 1. The van der Waals surface area contributed by atoms with Crippen molar-refractivity contribution in [3.8, 4) is 0 Å². The summed E-state index contributed by atoms with van der Waals surface area (Å²) in [4.78, 5) is 35.7. The quantitative estimate of drug-likeness (QED) is 0.371. The average Bonchev–Trinajstić information content (AvgIpc) is 3.14. The van der Waals surface area contributed by atoms with E-state index in [0.29, 0.717) is 6.42 Å². The highest BCUT2D eigenvalue weighted by Crippen LogP contribution is 2.28. The van der Waals surface area contributed by atoms with Gasteiger partial charge in [0.15, 0.2) is 6.61 Å². The normalized spacial score (nSPS) is 18.9. The van der Waals surface area contributed by atoms with Crippen molar-refractivity contribution in [1.29, 1.82) is 0 Å². The summed E-state index contributed by atoms with van der Waals surface area (Å²) in [6.07, 6.45) is -0.621. The van der Waals surface area contributed by atoms with Crippen molar-refractivity contribution in [3.05, 3.63) is 29.3 Å². The van der Waals surface area contributed by atoms with Gasteiger partial charge in [-0.2, -0.15) is 4.31 Å². The lowest BCUT2D eigenvalue weighted by molar-refractivity contribution is -0.151. The second kappa shape index (κ2) is 11.4. The molecule has 0 radical (unpaired) electrons. The zero-order chi connectivity index (χ0) is 23.9. The molecule has 1 saturated heterocycles. The molecule has 0 saturated carbocycles. The Bertz CT molecular complexity index is 947. The van der Waals surface area contributed by atoms with E-state index in [0.717, 1.165) is 15.4 Å². The first-order valence-corrected chi connectivity index (χ1v) is 11.9. The summed E-state index contributed by atoms with van der Waals surface area (Å²) in [7, 11) is -4.05. The molecule has 1 heterocycles. The van der Waals surface area contributed by atoms with Gasteiger partial charge in [0.2, 0.25) is 10.0 Å². The lowest BCUT2D eigenvalue weighted by atomic mass is 10.1. The first kappa shape index (κ1) is 25.8. The van der Waals surface area contributed by atoms with Crippen LogP contribution in [0.25, 0.3) is 0 Å². The van der Waals surface area contributed by atoms with Crippen LogP contribution in [0.4, 0.5) is 0 Å². The number of nitrogens with zero attached hydrogens (tertiary/aromatic N) is 1. The molecule has 2 N–H and O–H groups in total. The van der Waals surface area contributed by atoms with Gasteiger partial charge in [0, 0.05) is 25.9 Å². The van der Waals surface area contributed by atoms with Crippen molar-refractivity contribution >= 4 is 27.9 Å². The number of aliphatic hydroxyl groups is 1. The van der Waals surface area contributed by atoms with Gasteiger partial charge in [-0.1, -0.05) is 6.07 Å². The SMILES string of the molecule is CCOC(=O)CCCNC(=O)COC(=O)[C@@H]1CC(O)CN1S(=O)(=O)c1ccc(C)c(C)c1. The number of carbonyl (C=O) groups excluding carboxylic acids is 3. The number of esters is 2. The first-order chi connectivity index (χ1) is 15.1. The summed E-state index contributed by atoms with van der Waals surface area (Å²) in [5.74, 6) is -1.85. The van der Waals surface area contributed by atoms with Crippen LogP contribution in [0.1, 0.15) is 37.3 Å². The Morgan fingerprint density at radius 1 is 1.19 bits per heavy atom. The van der Waals surface area contributed by atoms with Crippen LogP contribution in [0.5, 0.6) is 0 Å². The van der Waals surface area contributed by atoms with E-state index in [4.69, 9.17) is 9.47 Å². The van der Waals surface area contributed by atoms with Crippen molar-refractivity contribution in [1.82, 2.24) is 9.62 Å². The summed E-state index contributed by atoms with van der Waals surface area (Å²) in [6, 6.07) is 3.41. The maximum Gasteiger partial charge on any atom is 0.325 e. The van der Waals surface area contributed by atoms with E-state index in [-0.39, 0.29) is 43.4 Å². The van der Waals surface area contributed by atoms with E-state index in [1.807, 2.05) is 6.92 Å². The smallest absolute Gasteiger partial charge is 0.325 e. The highest BCUT2D eigenvalue weighted by Gasteiger charge is 2.44. The maximum absolute atomic E-state index is 13.1. The molecule has 32 heavy (non-hydrogen) atoms. The Kier molecular flexibility index (Phi) is 9.17. The van der Waals surface area contributed by atoms with E-state index in [1.165, 1.54) is 12.1 Å². The van der Waals surface area contributed by atoms with Crippen LogP contribution in [-0.2, 0) is 33.9 Å². The average molecular weight is 471 g/mol. The van der Waals surface area contributed by atoms with Gasteiger partial charge >= 0.3 is 11.9 Å². The van der Waals surface area contributed by atoms with Gasteiger partial charge in [0.25, 0.3) is 5.91 Å². The van der Waals surface area contributed by atoms with Crippen LogP contribution < -0.4 is 5.32 Å². The molecule has 1 aromatic carbocycles. The largest absolute Gasteiger partial charge is 0.466 e. The molecule has 1 aliphatic heterocycles. The first-order valence-electron chi connectivity index (χ1n) is 10.4. The Balaban J connectivity index is 1.93. The monoisotopic (exact) mass is 470 g/mol. The molecule has 11 heteroatoms. The number of amides is 1. The summed E-state index contributed by atoms with van der Waals surface area (Å²) in [6.45, 7) is 4.98. The Morgan fingerprint density at radius 2 is 1.91 bits per heavy atom. The Labute approximate surface area is 187 Å². The minimum atomic E-state index is -4.05. The highest BCUT2D eigenvalue weighted by molar-refractivity contribution is 7.89. The summed E-state index contributed by atoms with van der Waals surface area (Å²) in [5, 5.41) is 12.5. The summed E-state index contributed by atoms with van der Waals surface area (Å²) in [5.41, 5.74) is 1.71. The van der Waals surface area contributed by atoms with Crippen molar-refractivity contribution in [2.75, 3.05) is 26.3 Å². The number of benzene rings is 1. The summed E-state index contributed by atoms with van der Waals surface area (Å²) >= 11 is 0. The zero-order valence-electron chi connectivity index (χ0n) is 18.5. The van der Waals surface area contributed by atoms with Crippen molar-refractivity contribution in [2.45, 2.75) is 57.1 Å². The number of hydrogen-bond acceptors (Lipinski definition) is 8. The number of rotatable bonds is 10. The number of carbonyl (C=O) groups is 3. The lowest BCUT2D eigenvalue weighted by Crippen LogP contribution is -2.42. The van der Waals surface area contributed by atoms with Gasteiger partial charge in [-0.3, -0.25) is 14.4 Å². The fraction of sp³-hybridized carbons (Fsp3) is 0.571. The third-order valence-electron chi connectivity index (χ3n) is 5.12. The molecule has 0 aliphatic carbocycles. The molecule has 1 aliphatic rings. The van der Waals surface area contributed by atoms with Gasteiger partial charge in [0.1, 0.15) is 6.04 Å². The molecule has 1 unspecified atom stereocenters. The van der Waals surface area contributed by atoms with Crippen molar-refractivity contribution in [3.63, 3.8) is 0 Å². The molecular weight excluding hydrogens is 440 g/mol. The van der Waals surface area contributed by atoms with Crippen molar-refractivity contribution in [2.24, 2.45) is 0 Å². The molecule has 1 aromatic rings. The van der Waals surface area contributed by atoms with Crippen LogP contribution in [0.2, 0.25) is 0 Å². The van der Waals surface area contributed by atoms with E-state index in [1.54, 1.807) is 19.9 Å². The van der Waals surface area contributed by atoms with Crippen LogP contribution in [0.3, 0.4) is 0 Å². The Hall–Kier alpha value is -2.50.